The van der Waals surface area contributed by atoms with E-state index in [9.17, 15) is 17.6 Å². The fourth-order valence-corrected chi connectivity index (χ4v) is 3.93. The Balaban J connectivity index is 1.62. The van der Waals surface area contributed by atoms with Gasteiger partial charge in [-0.2, -0.15) is 4.31 Å². The molecule has 0 aliphatic carbocycles. The summed E-state index contributed by atoms with van der Waals surface area (Å²) in [7, 11) is -2.09. The zero-order chi connectivity index (χ0) is 20.9. The van der Waals surface area contributed by atoms with E-state index in [4.69, 9.17) is 0 Å². The monoisotopic (exact) mass is 412 g/mol. The number of benzene rings is 3. The lowest BCUT2D eigenvalue weighted by Crippen LogP contribution is -2.26. The van der Waals surface area contributed by atoms with Gasteiger partial charge in [-0.3, -0.25) is 4.79 Å². The molecule has 5 nitrogen and oxygen atoms in total. The summed E-state index contributed by atoms with van der Waals surface area (Å²) >= 11 is 0. The lowest BCUT2D eigenvalue weighted by Gasteiger charge is -2.17. The molecular weight excluding hydrogens is 391 g/mol. The molecule has 0 heterocycles. The van der Waals surface area contributed by atoms with Crippen LogP contribution in [0.4, 0.5) is 10.1 Å². The number of carbonyl (C=O) groups is 1. The van der Waals surface area contributed by atoms with Gasteiger partial charge in [0.2, 0.25) is 10.0 Å². The van der Waals surface area contributed by atoms with Gasteiger partial charge >= 0.3 is 0 Å². The van der Waals surface area contributed by atoms with Gasteiger partial charge in [-0.15, -0.1) is 0 Å². The van der Waals surface area contributed by atoms with Crippen LogP contribution in [0, 0.1) is 5.82 Å². The Kier molecular flexibility index (Phi) is 6.41. The first-order chi connectivity index (χ1) is 13.9. The lowest BCUT2D eigenvalue weighted by atomic mass is 10.1. The summed E-state index contributed by atoms with van der Waals surface area (Å²) in [6.07, 6.45) is 0. The molecule has 1 N–H and O–H groups in total. The van der Waals surface area contributed by atoms with E-state index in [-0.39, 0.29) is 23.8 Å². The molecule has 29 heavy (non-hydrogen) atoms. The zero-order valence-electron chi connectivity index (χ0n) is 15.9. The van der Waals surface area contributed by atoms with Crippen molar-refractivity contribution in [3.05, 3.63) is 95.8 Å². The first kappa shape index (κ1) is 20.7. The highest BCUT2D eigenvalue weighted by Gasteiger charge is 2.20. The summed E-state index contributed by atoms with van der Waals surface area (Å²) in [4.78, 5) is 12.3. The highest BCUT2D eigenvalue weighted by Crippen LogP contribution is 2.19. The molecule has 150 valence electrons. The Bertz CT molecular complexity index is 1070. The Morgan fingerprint density at radius 1 is 0.931 bits per heavy atom. The molecule has 0 aromatic heterocycles. The van der Waals surface area contributed by atoms with E-state index < -0.39 is 15.8 Å². The van der Waals surface area contributed by atoms with Crippen molar-refractivity contribution >= 4 is 21.5 Å². The van der Waals surface area contributed by atoms with Crippen LogP contribution in [0.25, 0.3) is 0 Å². The molecule has 0 aliphatic rings. The molecule has 0 saturated carbocycles. The second kappa shape index (κ2) is 8.98. The molecule has 3 rings (SSSR count). The Hall–Kier alpha value is -3.03. The van der Waals surface area contributed by atoms with Gasteiger partial charge in [0, 0.05) is 24.8 Å². The molecule has 0 atom stereocenters. The minimum Gasteiger partial charge on any atom is -0.378 e. The summed E-state index contributed by atoms with van der Waals surface area (Å²) in [5, 5.41) is 2.95. The first-order valence-electron chi connectivity index (χ1n) is 8.99. The van der Waals surface area contributed by atoms with Gasteiger partial charge in [-0.05, 0) is 54.1 Å². The van der Waals surface area contributed by atoms with E-state index in [0.717, 1.165) is 5.56 Å². The number of hydrogen-bond acceptors (Lipinski definition) is 4. The van der Waals surface area contributed by atoms with E-state index in [1.54, 1.807) is 12.1 Å². The van der Waals surface area contributed by atoms with Crippen LogP contribution in [-0.2, 0) is 16.6 Å². The summed E-state index contributed by atoms with van der Waals surface area (Å²) in [5.41, 5.74) is 1.92. The number of nitrogens with one attached hydrogen (secondary N) is 1. The van der Waals surface area contributed by atoms with E-state index in [0.29, 0.717) is 11.3 Å². The van der Waals surface area contributed by atoms with E-state index in [1.165, 1.54) is 47.8 Å². The number of halogens is 1. The summed E-state index contributed by atoms with van der Waals surface area (Å²) in [6.45, 7) is 0.293. The quantitative estimate of drug-likeness (QED) is 0.569. The van der Waals surface area contributed by atoms with E-state index in [1.807, 2.05) is 30.3 Å². The van der Waals surface area contributed by atoms with Crippen LogP contribution in [0.15, 0.2) is 83.8 Å². The number of anilines is 1. The SMILES string of the molecule is CN(Cc1ccccc1)S(=O)(=O)c1ccc(NCC(=O)c2ccc(F)cc2)cc1. The van der Waals surface area contributed by atoms with Gasteiger partial charge in [0.05, 0.1) is 11.4 Å². The van der Waals surface area contributed by atoms with Crippen LogP contribution in [0.2, 0.25) is 0 Å². The fourth-order valence-electron chi connectivity index (χ4n) is 2.77. The highest BCUT2D eigenvalue weighted by atomic mass is 32.2. The molecule has 0 fully saturated rings. The average Bonchev–Trinajstić information content (AvgIpc) is 2.73. The molecule has 0 saturated heterocycles. The van der Waals surface area contributed by atoms with Gasteiger partial charge in [-0.25, -0.2) is 12.8 Å². The Morgan fingerprint density at radius 2 is 1.55 bits per heavy atom. The van der Waals surface area contributed by atoms with Crippen molar-refractivity contribution in [1.82, 2.24) is 4.31 Å². The highest BCUT2D eigenvalue weighted by molar-refractivity contribution is 7.89. The molecule has 0 aliphatic heterocycles. The van der Waals surface area contributed by atoms with Crippen molar-refractivity contribution in [2.24, 2.45) is 0 Å². The number of sulfonamides is 1. The predicted octanol–water partition coefficient (Wildman–Crippen LogP) is 3.94. The van der Waals surface area contributed by atoms with Crippen LogP contribution in [0.5, 0.6) is 0 Å². The summed E-state index contributed by atoms with van der Waals surface area (Å²) < 4.78 is 39.7. The number of rotatable bonds is 8. The van der Waals surface area contributed by atoms with Crippen LogP contribution in [0.3, 0.4) is 0 Å². The normalized spacial score (nSPS) is 11.4. The van der Waals surface area contributed by atoms with Gasteiger partial charge in [-0.1, -0.05) is 30.3 Å². The molecule has 7 heteroatoms. The topological polar surface area (TPSA) is 66.5 Å². The van der Waals surface area contributed by atoms with Crippen molar-refractivity contribution in [3.8, 4) is 0 Å². The fraction of sp³-hybridized carbons (Fsp3) is 0.136. The van der Waals surface area contributed by atoms with Gasteiger partial charge in [0.1, 0.15) is 5.82 Å². The Labute approximate surface area is 169 Å². The molecule has 3 aromatic rings. The molecular formula is C22H21FN2O3S. The largest absolute Gasteiger partial charge is 0.378 e. The van der Waals surface area contributed by atoms with Crippen molar-refractivity contribution in [1.29, 1.82) is 0 Å². The van der Waals surface area contributed by atoms with Crippen LogP contribution >= 0.6 is 0 Å². The summed E-state index contributed by atoms with van der Waals surface area (Å²) in [5.74, 6) is -0.590. The molecule has 0 spiro atoms. The van der Waals surface area contributed by atoms with Crippen LogP contribution < -0.4 is 5.32 Å². The summed E-state index contributed by atoms with van der Waals surface area (Å²) in [6, 6.07) is 20.9. The molecule has 0 bridgehead atoms. The minimum atomic E-state index is -3.63. The number of ketones is 1. The Morgan fingerprint density at radius 3 is 2.17 bits per heavy atom. The third-order valence-corrected chi connectivity index (χ3v) is 6.25. The lowest BCUT2D eigenvalue weighted by molar-refractivity contribution is 0.101. The molecule has 3 aromatic carbocycles. The maximum atomic E-state index is 12.9. The minimum absolute atomic E-state index is 0.0195. The smallest absolute Gasteiger partial charge is 0.243 e. The third kappa shape index (κ3) is 5.28. The van der Waals surface area contributed by atoms with Gasteiger partial charge in [0.15, 0.2) is 5.78 Å². The molecule has 0 unspecified atom stereocenters. The van der Waals surface area contributed by atoms with E-state index in [2.05, 4.69) is 5.32 Å². The third-order valence-electron chi connectivity index (χ3n) is 4.43. The maximum Gasteiger partial charge on any atom is 0.243 e. The number of carbonyl (C=O) groups excluding carboxylic acids is 1. The van der Waals surface area contributed by atoms with Crippen molar-refractivity contribution < 1.29 is 17.6 Å². The predicted molar refractivity (Wildman–Crippen MR) is 111 cm³/mol. The first-order valence-corrected chi connectivity index (χ1v) is 10.4. The number of nitrogens with zero attached hydrogens (tertiary/aromatic N) is 1. The molecule has 0 radical (unpaired) electrons. The molecule has 0 amide bonds. The van der Waals surface area contributed by atoms with Crippen molar-refractivity contribution in [2.45, 2.75) is 11.4 Å². The maximum absolute atomic E-state index is 12.9. The van der Waals surface area contributed by atoms with Crippen molar-refractivity contribution in [2.75, 3.05) is 18.9 Å². The van der Waals surface area contributed by atoms with Crippen LogP contribution in [0.1, 0.15) is 15.9 Å². The van der Waals surface area contributed by atoms with Gasteiger partial charge < -0.3 is 5.32 Å². The van der Waals surface area contributed by atoms with Gasteiger partial charge in [0.25, 0.3) is 0 Å². The zero-order valence-corrected chi connectivity index (χ0v) is 16.7. The van der Waals surface area contributed by atoms with Crippen molar-refractivity contribution in [3.63, 3.8) is 0 Å². The number of hydrogen-bond donors (Lipinski definition) is 1. The average molecular weight is 412 g/mol. The van der Waals surface area contributed by atoms with E-state index >= 15 is 0 Å². The van der Waals surface area contributed by atoms with Crippen LogP contribution in [-0.4, -0.2) is 32.1 Å². The second-order valence-corrected chi connectivity index (χ2v) is 8.60. The second-order valence-electron chi connectivity index (χ2n) is 6.55. The number of Topliss-reactive ketones (excluding diaryl/α,β-unsaturated/α-hetero) is 1. The standard InChI is InChI=1S/C22H21FN2O3S/c1-25(16-17-5-3-2-4-6-17)29(27,28)21-13-11-20(12-14-21)24-15-22(26)18-7-9-19(23)10-8-18/h2-14,24H,15-16H2,1H3.